The number of anilines is 1. The second kappa shape index (κ2) is 7.38. The lowest BCUT2D eigenvalue weighted by Crippen LogP contribution is -2.08. The fourth-order valence-corrected chi connectivity index (χ4v) is 2.97. The molecule has 1 N–H and O–H groups in total. The Hall–Kier alpha value is -3.52. The molecule has 27 heavy (non-hydrogen) atoms. The zero-order chi connectivity index (χ0) is 19.6. The second-order valence-electron chi connectivity index (χ2n) is 6.46. The van der Waals surface area contributed by atoms with Gasteiger partial charge in [-0.05, 0) is 48.9 Å². The van der Waals surface area contributed by atoms with Crippen LogP contribution in [0, 0.1) is 18.3 Å². The van der Waals surface area contributed by atoms with E-state index in [-0.39, 0.29) is 5.75 Å². The maximum absolute atomic E-state index is 9.83. The number of hydrogen-bond donors (Lipinski definition) is 1. The Morgan fingerprint density at radius 1 is 1.04 bits per heavy atom. The zero-order valence-corrected chi connectivity index (χ0v) is 15.8. The smallest absolute Gasteiger partial charge is 0.161 e. The van der Waals surface area contributed by atoms with Crippen molar-refractivity contribution >= 4 is 5.69 Å². The van der Waals surface area contributed by atoms with Gasteiger partial charge in [0.05, 0.1) is 24.1 Å². The van der Waals surface area contributed by atoms with E-state index in [1.807, 2.05) is 56.3 Å². The molecular formula is C22H21N3O2. The highest BCUT2D eigenvalue weighted by atomic mass is 16.5. The molecule has 0 saturated heterocycles. The summed E-state index contributed by atoms with van der Waals surface area (Å²) in [7, 11) is 5.49. The first-order valence-electron chi connectivity index (χ1n) is 8.51. The van der Waals surface area contributed by atoms with Crippen LogP contribution in [0.5, 0.6) is 11.5 Å². The van der Waals surface area contributed by atoms with Crippen molar-refractivity contribution in [3.05, 3.63) is 59.8 Å². The Kier molecular flexibility index (Phi) is 5.00. The van der Waals surface area contributed by atoms with Gasteiger partial charge in [-0.25, -0.2) is 0 Å². The first kappa shape index (κ1) is 18.3. The highest BCUT2D eigenvalue weighted by Crippen LogP contribution is 2.34. The lowest BCUT2D eigenvalue weighted by atomic mass is 9.97. The molecule has 0 saturated carbocycles. The van der Waals surface area contributed by atoms with Gasteiger partial charge in [-0.3, -0.25) is 4.98 Å². The minimum absolute atomic E-state index is 0.0751. The largest absolute Gasteiger partial charge is 0.504 e. The number of pyridine rings is 1. The highest BCUT2D eigenvalue weighted by Gasteiger charge is 2.14. The average molecular weight is 359 g/mol. The van der Waals surface area contributed by atoms with Gasteiger partial charge < -0.3 is 14.7 Å². The van der Waals surface area contributed by atoms with Crippen LogP contribution >= 0.6 is 0 Å². The number of aromatic hydroxyl groups is 1. The standard InChI is InChI=1S/C22H21N3O2/c1-14-19(13-23)18(15-5-8-17(9-6-15)25(2)3)12-20(24-14)16-7-10-21(26)22(11-16)27-4/h5-12,26H,1-4H3. The predicted octanol–water partition coefficient (Wildman–Crippen LogP) is 4.38. The van der Waals surface area contributed by atoms with Crippen molar-refractivity contribution in [2.75, 3.05) is 26.1 Å². The maximum atomic E-state index is 9.83. The van der Waals surface area contributed by atoms with Gasteiger partial charge in [0.15, 0.2) is 11.5 Å². The Morgan fingerprint density at radius 2 is 1.70 bits per heavy atom. The molecular weight excluding hydrogens is 338 g/mol. The third kappa shape index (κ3) is 3.56. The van der Waals surface area contributed by atoms with Crippen LogP contribution in [0.2, 0.25) is 0 Å². The number of phenolic OH excluding ortho intramolecular Hbond substituents is 1. The molecule has 0 fully saturated rings. The van der Waals surface area contributed by atoms with Crippen molar-refractivity contribution in [3.63, 3.8) is 0 Å². The molecule has 5 heteroatoms. The molecule has 1 heterocycles. The average Bonchev–Trinajstić information content (AvgIpc) is 2.67. The topological polar surface area (TPSA) is 69.4 Å². The molecule has 0 amide bonds. The van der Waals surface area contributed by atoms with Crippen molar-refractivity contribution < 1.29 is 9.84 Å². The Labute approximate surface area is 159 Å². The number of nitrogens with zero attached hydrogens (tertiary/aromatic N) is 3. The van der Waals surface area contributed by atoms with E-state index in [0.29, 0.717) is 17.0 Å². The summed E-state index contributed by atoms with van der Waals surface area (Å²) in [5.41, 5.74) is 5.62. The van der Waals surface area contributed by atoms with E-state index in [9.17, 15) is 10.4 Å². The van der Waals surface area contributed by atoms with Crippen LogP contribution in [0.3, 0.4) is 0 Å². The minimum atomic E-state index is 0.0751. The summed E-state index contributed by atoms with van der Waals surface area (Å²) in [6, 6.07) is 17.3. The van der Waals surface area contributed by atoms with E-state index >= 15 is 0 Å². The summed E-state index contributed by atoms with van der Waals surface area (Å²) in [6.45, 7) is 1.83. The number of aromatic nitrogens is 1. The molecule has 5 nitrogen and oxygen atoms in total. The normalized spacial score (nSPS) is 10.3. The molecule has 136 valence electrons. The molecule has 0 spiro atoms. The quantitative estimate of drug-likeness (QED) is 0.749. The summed E-state index contributed by atoms with van der Waals surface area (Å²) in [5.74, 6) is 0.458. The summed E-state index contributed by atoms with van der Waals surface area (Å²) in [6.07, 6.45) is 0. The number of rotatable bonds is 4. The van der Waals surface area contributed by atoms with E-state index in [2.05, 4.69) is 11.1 Å². The summed E-state index contributed by atoms with van der Waals surface area (Å²) < 4.78 is 5.20. The third-order valence-electron chi connectivity index (χ3n) is 4.48. The van der Waals surface area contributed by atoms with E-state index in [1.165, 1.54) is 7.11 Å². The molecule has 0 aliphatic carbocycles. The van der Waals surface area contributed by atoms with Gasteiger partial charge in [0, 0.05) is 30.9 Å². The minimum Gasteiger partial charge on any atom is -0.504 e. The molecule has 0 aliphatic heterocycles. The van der Waals surface area contributed by atoms with Crippen LogP contribution in [0.15, 0.2) is 48.5 Å². The number of nitriles is 1. The summed E-state index contributed by atoms with van der Waals surface area (Å²) in [4.78, 5) is 6.61. The van der Waals surface area contributed by atoms with Crippen molar-refractivity contribution in [3.8, 4) is 40.0 Å². The van der Waals surface area contributed by atoms with Crippen molar-refractivity contribution in [2.24, 2.45) is 0 Å². The van der Waals surface area contributed by atoms with E-state index in [4.69, 9.17) is 4.74 Å². The molecule has 3 aromatic rings. The Morgan fingerprint density at radius 3 is 2.30 bits per heavy atom. The lowest BCUT2D eigenvalue weighted by molar-refractivity contribution is 0.373. The molecule has 0 atom stereocenters. The van der Waals surface area contributed by atoms with Gasteiger partial charge in [0.1, 0.15) is 6.07 Å². The van der Waals surface area contributed by atoms with Gasteiger partial charge in [0.25, 0.3) is 0 Å². The molecule has 0 aliphatic rings. The number of ether oxygens (including phenoxy) is 1. The number of benzene rings is 2. The number of methoxy groups -OCH3 is 1. The Bertz CT molecular complexity index is 1020. The molecule has 3 rings (SSSR count). The zero-order valence-electron chi connectivity index (χ0n) is 15.8. The number of aryl methyl sites for hydroxylation is 1. The van der Waals surface area contributed by atoms with Gasteiger partial charge >= 0.3 is 0 Å². The molecule has 0 bridgehead atoms. The fraction of sp³-hybridized carbons (Fsp3) is 0.182. The van der Waals surface area contributed by atoms with E-state index in [0.717, 1.165) is 28.1 Å². The van der Waals surface area contributed by atoms with Crippen molar-refractivity contribution in [2.45, 2.75) is 6.92 Å². The van der Waals surface area contributed by atoms with Crippen LogP contribution in [0.4, 0.5) is 5.69 Å². The van der Waals surface area contributed by atoms with Crippen LogP contribution in [0.25, 0.3) is 22.4 Å². The molecule has 0 unspecified atom stereocenters. The molecule has 1 aromatic heterocycles. The van der Waals surface area contributed by atoms with Crippen molar-refractivity contribution in [1.29, 1.82) is 5.26 Å². The Balaban J connectivity index is 2.16. The van der Waals surface area contributed by atoms with E-state index < -0.39 is 0 Å². The second-order valence-corrected chi connectivity index (χ2v) is 6.46. The predicted molar refractivity (Wildman–Crippen MR) is 107 cm³/mol. The number of phenols is 1. The summed E-state index contributed by atoms with van der Waals surface area (Å²) in [5, 5.41) is 19.5. The van der Waals surface area contributed by atoms with Gasteiger partial charge in [-0.15, -0.1) is 0 Å². The number of hydrogen-bond acceptors (Lipinski definition) is 5. The monoisotopic (exact) mass is 359 g/mol. The van der Waals surface area contributed by atoms with E-state index in [1.54, 1.807) is 18.2 Å². The van der Waals surface area contributed by atoms with Gasteiger partial charge in [0.2, 0.25) is 0 Å². The fourth-order valence-electron chi connectivity index (χ4n) is 2.97. The van der Waals surface area contributed by atoms with Crippen LogP contribution in [0.1, 0.15) is 11.3 Å². The van der Waals surface area contributed by atoms with Gasteiger partial charge in [-0.2, -0.15) is 5.26 Å². The molecule has 0 radical (unpaired) electrons. The molecule has 2 aromatic carbocycles. The first-order chi connectivity index (χ1) is 12.9. The van der Waals surface area contributed by atoms with Gasteiger partial charge in [-0.1, -0.05) is 12.1 Å². The first-order valence-corrected chi connectivity index (χ1v) is 8.51. The van der Waals surface area contributed by atoms with Crippen molar-refractivity contribution in [1.82, 2.24) is 4.98 Å². The highest BCUT2D eigenvalue weighted by molar-refractivity contribution is 5.78. The van der Waals surface area contributed by atoms with Crippen LogP contribution in [-0.4, -0.2) is 31.3 Å². The summed E-state index contributed by atoms with van der Waals surface area (Å²) >= 11 is 0. The van der Waals surface area contributed by atoms with Crippen LogP contribution < -0.4 is 9.64 Å². The maximum Gasteiger partial charge on any atom is 0.161 e. The lowest BCUT2D eigenvalue weighted by Gasteiger charge is -2.14. The van der Waals surface area contributed by atoms with Crippen LogP contribution in [-0.2, 0) is 0 Å². The SMILES string of the molecule is COc1cc(-c2cc(-c3ccc(N(C)C)cc3)c(C#N)c(C)n2)ccc1O. The third-order valence-corrected chi connectivity index (χ3v) is 4.48.